The Kier molecular flexibility index (Phi) is 4.60. The van der Waals surface area contributed by atoms with Gasteiger partial charge in [0.2, 0.25) is 12.8 Å². The number of pyridine rings is 1. The van der Waals surface area contributed by atoms with Crippen molar-refractivity contribution in [2.45, 2.75) is 37.8 Å². The number of hydrogen-bond donors (Lipinski definition) is 1. The molecule has 142 valence electrons. The molecule has 2 aliphatic rings. The van der Waals surface area contributed by atoms with Crippen molar-refractivity contribution >= 4 is 5.91 Å². The quantitative estimate of drug-likeness (QED) is 0.898. The van der Waals surface area contributed by atoms with Crippen LogP contribution in [0, 0.1) is 6.92 Å². The van der Waals surface area contributed by atoms with Crippen LogP contribution in [0.25, 0.3) is 11.1 Å². The van der Waals surface area contributed by atoms with E-state index in [1.165, 1.54) is 0 Å². The van der Waals surface area contributed by atoms with Crippen LogP contribution in [0.1, 0.15) is 36.7 Å². The number of likely N-dealkylation sites (N-methyl/N-ethyl adjacent to an activating group) is 1. The Morgan fingerprint density at radius 1 is 1.33 bits per heavy atom. The van der Waals surface area contributed by atoms with Crippen LogP contribution in [0.2, 0.25) is 0 Å². The first-order valence-electron chi connectivity index (χ1n) is 9.32. The molecule has 0 saturated carbocycles. The maximum Gasteiger partial charge on any atom is 0.242 e. The van der Waals surface area contributed by atoms with E-state index in [1.54, 1.807) is 11.0 Å². The first-order valence-corrected chi connectivity index (χ1v) is 9.32. The third kappa shape index (κ3) is 3.18. The number of likely N-dealkylation sites (tertiary alicyclic amines) is 1. The van der Waals surface area contributed by atoms with Crippen LogP contribution >= 0.6 is 0 Å². The number of rotatable bonds is 4. The first-order chi connectivity index (χ1) is 13.0. The number of carbonyl (C=O) groups is 1. The summed E-state index contributed by atoms with van der Waals surface area (Å²) in [4.78, 5) is 19.1. The maximum absolute atomic E-state index is 12.7. The monoisotopic (exact) mass is 369 g/mol. The molecule has 2 aliphatic heterocycles. The molecule has 2 fully saturated rings. The highest BCUT2D eigenvalue weighted by Gasteiger charge is 2.50. The summed E-state index contributed by atoms with van der Waals surface area (Å²) in [6, 6.07) is 11.5. The fourth-order valence-electron chi connectivity index (χ4n) is 4.31. The highest BCUT2D eigenvalue weighted by atomic mass is 19.1. The number of aryl methyl sites for hydroxylation is 1. The second kappa shape index (κ2) is 6.93. The van der Waals surface area contributed by atoms with E-state index in [4.69, 9.17) is 9.72 Å². The Labute approximate surface area is 158 Å². The van der Waals surface area contributed by atoms with Gasteiger partial charge in [-0.15, -0.1) is 0 Å². The van der Waals surface area contributed by atoms with Crippen LogP contribution < -0.4 is 10.1 Å². The summed E-state index contributed by atoms with van der Waals surface area (Å²) in [5.74, 6) is 0.694. The Morgan fingerprint density at radius 3 is 2.89 bits per heavy atom. The largest absolute Gasteiger partial charge is 0.462 e. The van der Waals surface area contributed by atoms with Crippen LogP contribution in [0.15, 0.2) is 36.4 Å². The van der Waals surface area contributed by atoms with Gasteiger partial charge >= 0.3 is 0 Å². The lowest BCUT2D eigenvalue weighted by Crippen LogP contribution is -2.47. The van der Waals surface area contributed by atoms with Crippen molar-refractivity contribution in [3.05, 3.63) is 47.8 Å². The molecule has 1 aromatic carbocycles. The smallest absolute Gasteiger partial charge is 0.242 e. The van der Waals surface area contributed by atoms with Crippen molar-refractivity contribution in [1.29, 1.82) is 0 Å². The zero-order valence-electron chi connectivity index (χ0n) is 15.7. The predicted molar refractivity (Wildman–Crippen MR) is 101 cm³/mol. The molecule has 0 aliphatic carbocycles. The number of hydrogen-bond acceptors (Lipinski definition) is 4. The second-order valence-corrected chi connectivity index (χ2v) is 7.47. The van der Waals surface area contributed by atoms with Gasteiger partial charge in [0.05, 0.1) is 11.7 Å². The van der Waals surface area contributed by atoms with E-state index in [2.05, 4.69) is 5.32 Å². The zero-order valence-corrected chi connectivity index (χ0v) is 15.7. The fraction of sp³-hybridized carbons (Fsp3) is 0.429. The molecule has 2 atom stereocenters. The zero-order chi connectivity index (χ0) is 19.0. The minimum Gasteiger partial charge on any atom is -0.462 e. The van der Waals surface area contributed by atoms with E-state index in [1.807, 2.05) is 44.3 Å². The van der Waals surface area contributed by atoms with Crippen LogP contribution in [-0.2, 0) is 4.79 Å². The van der Waals surface area contributed by atoms with Crippen molar-refractivity contribution in [2.75, 3.05) is 20.5 Å². The number of halogens is 1. The van der Waals surface area contributed by atoms with E-state index < -0.39 is 12.4 Å². The Bertz CT molecular complexity index is 872. The number of ether oxygens (including phenoxy) is 1. The minimum absolute atomic E-state index is 0.0355. The van der Waals surface area contributed by atoms with Gasteiger partial charge in [-0.2, -0.15) is 0 Å². The normalized spacial score (nSPS) is 24.8. The molecule has 2 aromatic rings. The molecule has 27 heavy (non-hydrogen) atoms. The van der Waals surface area contributed by atoms with Crippen molar-refractivity contribution in [2.24, 2.45) is 0 Å². The molecule has 0 unspecified atom stereocenters. The minimum atomic E-state index is -0.865. The van der Waals surface area contributed by atoms with Gasteiger partial charge in [-0.1, -0.05) is 18.2 Å². The van der Waals surface area contributed by atoms with Crippen LogP contribution in [0.4, 0.5) is 4.39 Å². The highest BCUT2D eigenvalue weighted by Crippen LogP contribution is 2.40. The van der Waals surface area contributed by atoms with Gasteiger partial charge in [0.1, 0.15) is 11.3 Å². The molecule has 1 N–H and O–H groups in total. The third-order valence-electron chi connectivity index (χ3n) is 5.68. The van der Waals surface area contributed by atoms with E-state index in [9.17, 15) is 9.18 Å². The summed E-state index contributed by atoms with van der Waals surface area (Å²) < 4.78 is 17.9. The summed E-state index contributed by atoms with van der Waals surface area (Å²) in [6.45, 7) is 1.88. The average molecular weight is 369 g/mol. The van der Waals surface area contributed by atoms with E-state index >= 15 is 0 Å². The van der Waals surface area contributed by atoms with E-state index in [-0.39, 0.29) is 11.9 Å². The molecule has 1 aromatic heterocycles. The van der Waals surface area contributed by atoms with Crippen molar-refractivity contribution in [3.8, 4) is 16.9 Å². The number of aromatic nitrogens is 1. The number of alkyl halides is 1. The van der Waals surface area contributed by atoms with Gasteiger partial charge in [0.25, 0.3) is 0 Å². The van der Waals surface area contributed by atoms with Gasteiger partial charge in [-0.3, -0.25) is 15.1 Å². The van der Waals surface area contributed by atoms with Crippen LogP contribution in [0.5, 0.6) is 5.75 Å². The lowest BCUT2D eigenvalue weighted by atomic mass is 9.96. The highest BCUT2D eigenvalue weighted by molar-refractivity contribution is 5.88. The summed E-state index contributed by atoms with van der Waals surface area (Å²) in [7, 11) is 1.86. The molecule has 1 spiro atoms. The molecule has 6 heteroatoms. The molecule has 1 amide bonds. The first kappa shape index (κ1) is 17.9. The topological polar surface area (TPSA) is 54.5 Å². The summed E-state index contributed by atoms with van der Waals surface area (Å²) in [5.41, 5.74) is 3.14. The van der Waals surface area contributed by atoms with E-state index in [0.717, 1.165) is 48.3 Å². The number of nitrogens with zero attached hydrogens (tertiary/aromatic N) is 2. The van der Waals surface area contributed by atoms with Gasteiger partial charge in [0.15, 0.2) is 0 Å². The summed E-state index contributed by atoms with van der Waals surface area (Å²) >= 11 is 0. The molecule has 5 nitrogen and oxygen atoms in total. The Balaban J connectivity index is 1.66. The SMILES string of the molecule is Cc1cc(-c2ccccc2OCF)cc([C@H]2CC[C@@]3(CCN(C)C3=O)N2)n1. The molecular weight excluding hydrogens is 345 g/mol. The molecule has 2 saturated heterocycles. The Morgan fingerprint density at radius 2 is 2.15 bits per heavy atom. The molecule has 0 bridgehead atoms. The number of carbonyl (C=O) groups excluding carboxylic acids is 1. The average Bonchev–Trinajstić information content (AvgIpc) is 3.22. The summed E-state index contributed by atoms with van der Waals surface area (Å²) in [5, 5.41) is 3.56. The molecule has 0 radical (unpaired) electrons. The Hall–Kier alpha value is -2.47. The second-order valence-electron chi connectivity index (χ2n) is 7.47. The van der Waals surface area contributed by atoms with Crippen LogP contribution in [-0.4, -0.2) is 41.8 Å². The summed E-state index contributed by atoms with van der Waals surface area (Å²) in [6.07, 6.45) is 2.54. The van der Waals surface area contributed by atoms with Crippen molar-refractivity contribution in [1.82, 2.24) is 15.2 Å². The van der Waals surface area contributed by atoms with Gasteiger partial charge in [-0.05, 0) is 49.9 Å². The number of nitrogens with one attached hydrogen (secondary N) is 1. The lowest BCUT2D eigenvalue weighted by Gasteiger charge is -2.23. The molecule has 3 heterocycles. The van der Waals surface area contributed by atoms with Crippen LogP contribution in [0.3, 0.4) is 0 Å². The molecular formula is C21H24FN3O2. The van der Waals surface area contributed by atoms with Gasteiger partial charge < -0.3 is 9.64 Å². The van der Waals surface area contributed by atoms with Gasteiger partial charge in [0, 0.05) is 24.8 Å². The number of benzene rings is 1. The van der Waals surface area contributed by atoms with Crippen molar-refractivity contribution in [3.63, 3.8) is 0 Å². The fourth-order valence-corrected chi connectivity index (χ4v) is 4.31. The number of amides is 1. The van der Waals surface area contributed by atoms with E-state index in [0.29, 0.717) is 5.75 Å². The number of para-hydroxylation sites is 1. The third-order valence-corrected chi connectivity index (χ3v) is 5.68. The molecule has 4 rings (SSSR count). The predicted octanol–water partition coefficient (Wildman–Crippen LogP) is 3.39. The maximum atomic E-state index is 12.7. The van der Waals surface area contributed by atoms with Crippen molar-refractivity contribution < 1.29 is 13.9 Å². The lowest BCUT2D eigenvalue weighted by molar-refractivity contribution is -0.131. The standard InChI is InChI=1S/C21H24FN3O2/c1-14-11-15(16-5-3-4-6-19(16)27-13-22)12-18(23-14)17-7-8-21(24-17)9-10-25(2)20(21)26/h3-6,11-12,17,24H,7-10,13H2,1-2H3/t17-,21+/m1/s1. The van der Waals surface area contributed by atoms with Gasteiger partial charge in [-0.25, -0.2) is 4.39 Å².